The fourth-order valence-electron chi connectivity index (χ4n) is 1.64. The van der Waals surface area contributed by atoms with Gasteiger partial charge in [-0.05, 0) is 24.3 Å². The molecule has 0 aliphatic carbocycles. The van der Waals surface area contributed by atoms with Crippen molar-refractivity contribution in [3.05, 3.63) is 41.3 Å². The molecule has 0 fully saturated rings. The summed E-state index contributed by atoms with van der Waals surface area (Å²) in [6, 6.07) is 9.96. The van der Waals surface area contributed by atoms with E-state index in [-0.39, 0.29) is 10.8 Å². The summed E-state index contributed by atoms with van der Waals surface area (Å²) in [7, 11) is -2.08. The van der Waals surface area contributed by atoms with Crippen LogP contribution in [0.1, 0.15) is 4.88 Å². The number of methoxy groups -OCH3 is 1. The molecule has 2 aromatic rings. The zero-order valence-corrected chi connectivity index (χ0v) is 12.5. The molecule has 0 saturated carbocycles. The van der Waals surface area contributed by atoms with E-state index < -0.39 is 10.0 Å². The van der Waals surface area contributed by atoms with E-state index in [9.17, 15) is 8.42 Å². The Morgan fingerprint density at radius 2 is 2.10 bits per heavy atom. The molecule has 0 bridgehead atoms. The van der Waals surface area contributed by atoms with Crippen LogP contribution in [-0.4, -0.2) is 27.2 Å². The Labute approximate surface area is 121 Å². The summed E-state index contributed by atoms with van der Waals surface area (Å²) < 4.78 is 32.2. The minimum absolute atomic E-state index is 0.00329. The van der Waals surface area contributed by atoms with Gasteiger partial charge in [-0.3, -0.25) is 4.72 Å². The van der Waals surface area contributed by atoms with Crippen LogP contribution >= 0.6 is 11.3 Å². The van der Waals surface area contributed by atoms with Crippen molar-refractivity contribution in [1.29, 1.82) is 0 Å². The highest BCUT2D eigenvalue weighted by molar-refractivity contribution is 7.94. The second-order valence-corrected chi connectivity index (χ2v) is 7.11. The molecule has 0 unspecified atom stereocenters. The molecule has 1 aromatic carbocycles. The Bertz CT molecular complexity index is 679. The normalized spacial score (nSPS) is 11.3. The lowest BCUT2D eigenvalue weighted by Gasteiger charge is -2.07. The summed E-state index contributed by atoms with van der Waals surface area (Å²) in [5.41, 5.74) is 0.446. The van der Waals surface area contributed by atoms with Gasteiger partial charge in [-0.25, -0.2) is 8.42 Å². The number of ether oxygens (including phenoxy) is 1. The standard InChI is InChI=1S/C13H15NO4S2/c1-18-11-4-2-3-10(9-11)14-20(16,17)13-6-5-12(19-13)7-8-15/h2-6,9,14-15H,7-8H2,1H3. The van der Waals surface area contributed by atoms with Crippen LogP contribution in [-0.2, 0) is 16.4 Å². The number of aliphatic hydroxyl groups excluding tert-OH is 1. The van der Waals surface area contributed by atoms with Gasteiger partial charge in [0.25, 0.3) is 10.0 Å². The van der Waals surface area contributed by atoms with Gasteiger partial charge < -0.3 is 9.84 Å². The molecule has 0 spiro atoms. The fraction of sp³-hybridized carbons (Fsp3) is 0.231. The van der Waals surface area contributed by atoms with Crippen LogP contribution in [0, 0.1) is 0 Å². The molecular weight excluding hydrogens is 298 g/mol. The monoisotopic (exact) mass is 313 g/mol. The minimum Gasteiger partial charge on any atom is -0.497 e. The van der Waals surface area contributed by atoms with Crippen molar-refractivity contribution in [2.24, 2.45) is 0 Å². The predicted molar refractivity (Wildman–Crippen MR) is 78.9 cm³/mol. The Hall–Kier alpha value is -1.57. The number of benzene rings is 1. The molecule has 5 nitrogen and oxygen atoms in total. The van der Waals surface area contributed by atoms with Crippen molar-refractivity contribution in [2.45, 2.75) is 10.6 Å². The second-order valence-electron chi connectivity index (χ2n) is 4.03. The molecule has 1 aromatic heterocycles. The SMILES string of the molecule is COc1cccc(NS(=O)(=O)c2ccc(CCO)s2)c1. The van der Waals surface area contributed by atoms with E-state index >= 15 is 0 Å². The molecular formula is C13H15NO4S2. The van der Waals surface area contributed by atoms with Gasteiger partial charge in [0.05, 0.1) is 12.8 Å². The number of rotatable bonds is 6. The average Bonchev–Trinajstić information content (AvgIpc) is 2.88. The Morgan fingerprint density at radius 1 is 1.30 bits per heavy atom. The highest BCUT2D eigenvalue weighted by atomic mass is 32.2. The molecule has 0 saturated heterocycles. The van der Waals surface area contributed by atoms with E-state index in [4.69, 9.17) is 9.84 Å². The average molecular weight is 313 g/mol. The number of hydrogen-bond acceptors (Lipinski definition) is 5. The number of anilines is 1. The van der Waals surface area contributed by atoms with Gasteiger partial charge in [-0.1, -0.05) is 6.07 Å². The summed E-state index contributed by atoms with van der Waals surface area (Å²) in [6.07, 6.45) is 0.458. The van der Waals surface area contributed by atoms with Crippen molar-refractivity contribution < 1.29 is 18.3 Å². The maximum absolute atomic E-state index is 12.2. The summed E-state index contributed by atoms with van der Waals surface area (Å²) in [5.74, 6) is 0.581. The smallest absolute Gasteiger partial charge is 0.271 e. The third kappa shape index (κ3) is 3.50. The highest BCUT2D eigenvalue weighted by Crippen LogP contribution is 2.25. The minimum atomic E-state index is -3.60. The predicted octanol–water partition coefficient (Wildman–Crippen LogP) is 2.09. The molecule has 20 heavy (non-hydrogen) atoms. The summed E-state index contributed by atoms with van der Waals surface area (Å²) in [6.45, 7) is 0.00329. The second kappa shape index (κ2) is 6.25. The molecule has 2 N–H and O–H groups in total. The third-order valence-corrected chi connectivity index (χ3v) is 5.60. The van der Waals surface area contributed by atoms with Crippen LogP contribution < -0.4 is 9.46 Å². The van der Waals surface area contributed by atoms with Crippen LogP contribution in [0.25, 0.3) is 0 Å². The Morgan fingerprint density at radius 3 is 2.80 bits per heavy atom. The summed E-state index contributed by atoms with van der Waals surface area (Å²) in [5, 5.41) is 8.85. The van der Waals surface area contributed by atoms with Crippen LogP contribution in [0.15, 0.2) is 40.6 Å². The zero-order chi connectivity index (χ0) is 14.6. The molecule has 0 aliphatic heterocycles. The van der Waals surface area contributed by atoms with Crippen molar-refractivity contribution in [3.8, 4) is 5.75 Å². The van der Waals surface area contributed by atoms with Gasteiger partial charge in [-0.2, -0.15) is 0 Å². The molecule has 0 atom stereocenters. The first kappa shape index (κ1) is 14.8. The number of nitrogens with one attached hydrogen (secondary N) is 1. The maximum Gasteiger partial charge on any atom is 0.271 e. The van der Waals surface area contributed by atoms with Crippen LogP contribution in [0.5, 0.6) is 5.75 Å². The first-order valence-corrected chi connectivity index (χ1v) is 8.21. The molecule has 2 rings (SSSR count). The van der Waals surface area contributed by atoms with Crippen LogP contribution in [0.4, 0.5) is 5.69 Å². The zero-order valence-electron chi connectivity index (χ0n) is 10.9. The topological polar surface area (TPSA) is 75.6 Å². The van der Waals surface area contributed by atoms with Gasteiger partial charge in [0.2, 0.25) is 0 Å². The van der Waals surface area contributed by atoms with Gasteiger partial charge in [-0.15, -0.1) is 11.3 Å². The van der Waals surface area contributed by atoms with Gasteiger partial charge in [0.15, 0.2) is 0 Å². The molecule has 7 heteroatoms. The molecule has 0 amide bonds. The van der Waals surface area contributed by atoms with E-state index in [1.807, 2.05) is 0 Å². The van der Waals surface area contributed by atoms with Gasteiger partial charge in [0.1, 0.15) is 9.96 Å². The fourth-order valence-corrected chi connectivity index (χ4v) is 4.03. The lowest BCUT2D eigenvalue weighted by atomic mass is 10.3. The first-order valence-electron chi connectivity index (χ1n) is 5.91. The Kier molecular flexibility index (Phi) is 4.64. The molecule has 0 radical (unpaired) electrons. The molecule has 108 valence electrons. The number of sulfonamides is 1. The van der Waals surface area contributed by atoms with Gasteiger partial charge >= 0.3 is 0 Å². The maximum atomic E-state index is 12.2. The molecule has 1 heterocycles. The van der Waals surface area contributed by atoms with E-state index in [0.717, 1.165) is 16.2 Å². The lowest BCUT2D eigenvalue weighted by Crippen LogP contribution is -2.11. The van der Waals surface area contributed by atoms with Crippen molar-refractivity contribution in [3.63, 3.8) is 0 Å². The number of hydrogen-bond donors (Lipinski definition) is 2. The van der Waals surface area contributed by atoms with Crippen LogP contribution in [0.2, 0.25) is 0 Å². The van der Waals surface area contributed by atoms with E-state index in [2.05, 4.69) is 4.72 Å². The highest BCUT2D eigenvalue weighted by Gasteiger charge is 2.17. The lowest BCUT2D eigenvalue weighted by molar-refractivity contribution is 0.300. The summed E-state index contributed by atoms with van der Waals surface area (Å²) in [4.78, 5) is 0.832. The van der Waals surface area contributed by atoms with Crippen molar-refractivity contribution >= 4 is 27.0 Å². The quantitative estimate of drug-likeness (QED) is 0.856. The molecule has 0 aliphatic rings. The first-order chi connectivity index (χ1) is 9.55. The van der Waals surface area contributed by atoms with E-state index in [1.165, 1.54) is 13.2 Å². The number of thiophene rings is 1. The van der Waals surface area contributed by atoms with Crippen molar-refractivity contribution in [2.75, 3.05) is 18.4 Å². The third-order valence-electron chi connectivity index (χ3n) is 2.58. The largest absolute Gasteiger partial charge is 0.497 e. The van der Waals surface area contributed by atoms with Gasteiger partial charge in [0, 0.05) is 24.0 Å². The van der Waals surface area contributed by atoms with Crippen LogP contribution in [0.3, 0.4) is 0 Å². The van der Waals surface area contributed by atoms with Crippen molar-refractivity contribution in [1.82, 2.24) is 0 Å². The van der Waals surface area contributed by atoms with E-state index in [1.54, 1.807) is 30.3 Å². The summed E-state index contributed by atoms with van der Waals surface area (Å²) >= 11 is 1.15. The number of aliphatic hydroxyl groups is 1. The van der Waals surface area contributed by atoms with E-state index in [0.29, 0.717) is 17.9 Å². The Balaban J connectivity index is 2.21.